The second-order valence-corrected chi connectivity index (χ2v) is 5.54. The number of aromatic nitrogens is 1. The van der Waals surface area contributed by atoms with Gasteiger partial charge in [-0.05, 0) is 19.4 Å². The number of amides is 1. The molecule has 0 aromatic carbocycles. The van der Waals surface area contributed by atoms with E-state index in [0.717, 1.165) is 10.6 Å². The number of nitrogens with one attached hydrogen (secondary N) is 1. The number of thiazole rings is 1. The van der Waals surface area contributed by atoms with E-state index in [1.165, 1.54) is 11.3 Å². The summed E-state index contributed by atoms with van der Waals surface area (Å²) in [5.41, 5.74) is 0.776. The standard InChI is InChI=1S/C14H15N3O2S/c1-3-14(2,9-15)17-12(18)6-11-8-20-13(16-11)10-4-5-19-7-10/h4-5,7-8H,3,6H2,1-2H3,(H,17,18). The zero-order valence-electron chi connectivity index (χ0n) is 11.3. The van der Waals surface area contributed by atoms with Gasteiger partial charge in [0.25, 0.3) is 0 Å². The molecule has 5 nitrogen and oxygen atoms in total. The molecule has 104 valence electrons. The summed E-state index contributed by atoms with van der Waals surface area (Å²) in [5, 5.41) is 14.4. The second kappa shape index (κ2) is 5.88. The molecule has 1 amide bonds. The molecule has 0 aliphatic carbocycles. The molecule has 0 bridgehead atoms. The average molecular weight is 289 g/mol. The average Bonchev–Trinajstić information content (AvgIpc) is 3.08. The molecule has 0 aliphatic rings. The minimum Gasteiger partial charge on any atom is -0.472 e. The van der Waals surface area contributed by atoms with Gasteiger partial charge in [0, 0.05) is 10.9 Å². The second-order valence-electron chi connectivity index (χ2n) is 4.68. The van der Waals surface area contributed by atoms with Gasteiger partial charge in [-0.25, -0.2) is 4.98 Å². The lowest BCUT2D eigenvalue weighted by molar-refractivity contribution is -0.121. The zero-order valence-corrected chi connectivity index (χ0v) is 12.2. The van der Waals surface area contributed by atoms with Crippen LogP contribution in [0.2, 0.25) is 0 Å². The van der Waals surface area contributed by atoms with Gasteiger partial charge in [0.1, 0.15) is 16.8 Å². The Balaban J connectivity index is 2.01. The fourth-order valence-electron chi connectivity index (χ4n) is 1.62. The Bertz CT molecular complexity index is 627. The number of nitrogens with zero attached hydrogens (tertiary/aromatic N) is 2. The Morgan fingerprint density at radius 3 is 3.05 bits per heavy atom. The molecular formula is C14H15N3O2S. The van der Waals surface area contributed by atoms with Gasteiger partial charge < -0.3 is 9.73 Å². The van der Waals surface area contributed by atoms with E-state index < -0.39 is 5.54 Å². The van der Waals surface area contributed by atoms with Crippen LogP contribution in [-0.4, -0.2) is 16.4 Å². The maximum absolute atomic E-state index is 11.9. The minimum absolute atomic E-state index is 0.172. The van der Waals surface area contributed by atoms with E-state index in [2.05, 4.69) is 16.4 Å². The number of furan rings is 1. The summed E-state index contributed by atoms with van der Waals surface area (Å²) < 4.78 is 5.01. The van der Waals surface area contributed by atoms with E-state index in [1.807, 2.05) is 18.4 Å². The molecule has 2 rings (SSSR count). The summed E-state index contributed by atoms with van der Waals surface area (Å²) in [5.74, 6) is -0.194. The minimum atomic E-state index is -0.819. The quantitative estimate of drug-likeness (QED) is 0.918. The van der Waals surface area contributed by atoms with Crippen molar-refractivity contribution in [1.29, 1.82) is 5.26 Å². The smallest absolute Gasteiger partial charge is 0.227 e. The van der Waals surface area contributed by atoms with Crippen LogP contribution in [0.25, 0.3) is 10.6 Å². The Kier molecular flexibility index (Phi) is 4.20. The van der Waals surface area contributed by atoms with Gasteiger partial charge >= 0.3 is 0 Å². The molecule has 0 radical (unpaired) electrons. The van der Waals surface area contributed by atoms with Crippen LogP contribution in [0.5, 0.6) is 0 Å². The molecule has 2 heterocycles. The number of carbonyl (C=O) groups excluding carboxylic acids is 1. The van der Waals surface area contributed by atoms with Gasteiger partial charge in [0.15, 0.2) is 0 Å². The van der Waals surface area contributed by atoms with Gasteiger partial charge in [0.05, 0.1) is 24.4 Å². The zero-order chi connectivity index (χ0) is 14.6. The number of carbonyl (C=O) groups is 1. The van der Waals surface area contributed by atoms with E-state index >= 15 is 0 Å². The third kappa shape index (κ3) is 3.25. The van der Waals surface area contributed by atoms with Gasteiger partial charge in [-0.1, -0.05) is 6.92 Å². The van der Waals surface area contributed by atoms with Crippen LogP contribution in [0.1, 0.15) is 26.0 Å². The van der Waals surface area contributed by atoms with E-state index in [1.54, 1.807) is 19.5 Å². The summed E-state index contributed by atoms with van der Waals surface area (Å²) >= 11 is 1.46. The van der Waals surface area contributed by atoms with E-state index in [9.17, 15) is 4.79 Å². The fourth-order valence-corrected chi connectivity index (χ4v) is 2.42. The van der Waals surface area contributed by atoms with Gasteiger partial charge in [-0.2, -0.15) is 5.26 Å². The van der Waals surface area contributed by atoms with Crippen LogP contribution in [0.15, 0.2) is 28.4 Å². The third-order valence-corrected chi connectivity index (χ3v) is 3.97. The first kappa shape index (κ1) is 14.3. The topological polar surface area (TPSA) is 78.9 Å². The lowest BCUT2D eigenvalue weighted by Crippen LogP contribution is -2.44. The van der Waals surface area contributed by atoms with E-state index in [0.29, 0.717) is 12.1 Å². The number of nitriles is 1. The Hall–Kier alpha value is -2.13. The molecule has 1 unspecified atom stereocenters. The number of rotatable bonds is 5. The van der Waals surface area contributed by atoms with Crippen LogP contribution < -0.4 is 5.32 Å². The molecule has 2 aromatic heterocycles. The van der Waals surface area contributed by atoms with Crippen LogP contribution in [-0.2, 0) is 11.2 Å². The molecule has 0 aliphatic heterocycles. The summed E-state index contributed by atoms with van der Waals surface area (Å²) in [4.78, 5) is 16.3. The Morgan fingerprint density at radius 1 is 1.65 bits per heavy atom. The van der Waals surface area contributed by atoms with E-state index in [4.69, 9.17) is 9.68 Å². The van der Waals surface area contributed by atoms with Crippen molar-refractivity contribution in [1.82, 2.24) is 10.3 Å². The van der Waals surface area contributed by atoms with Crippen molar-refractivity contribution >= 4 is 17.2 Å². The fraction of sp³-hybridized carbons (Fsp3) is 0.357. The van der Waals surface area contributed by atoms with Gasteiger partial charge in [-0.3, -0.25) is 4.79 Å². The highest BCUT2D eigenvalue weighted by molar-refractivity contribution is 7.13. The van der Waals surface area contributed by atoms with Gasteiger partial charge in [-0.15, -0.1) is 11.3 Å². The first-order valence-corrected chi connectivity index (χ1v) is 7.13. The van der Waals surface area contributed by atoms with Crippen molar-refractivity contribution in [3.8, 4) is 16.6 Å². The predicted octanol–water partition coefficient (Wildman–Crippen LogP) is 2.75. The maximum atomic E-state index is 11.9. The van der Waals surface area contributed by atoms with Crippen LogP contribution in [0, 0.1) is 11.3 Å². The van der Waals surface area contributed by atoms with Crippen molar-refractivity contribution in [2.24, 2.45) is 0 Å². The lowest BCUT2D eigenvalue weighted by atomic mass is 10.0. The van der Waals surface area contributed by atoms with Crippen molar-refractivity contribution < 1.29 is 9.21 Å². The molecule has 0 fully saturated rings. The Morgan fingerprint density at radius 2 is 2.45 bits per heavy atom. The van der Waals surface area contributed by atoms with Crippen molar-refractivity contribution in [3.63, 3.8) is 0 Å². The molecule has 1 atom stereocenters. The van der Waals surface area contributed by atoms with Crippen LogP contribution in [0.3, 0.4) is 0 Å². The molecule has 6 heteroatoms. The Labute approximate surface area is 121 Å². The highest BCUT2D eigenvalue weighted by atomic mass is 32.1. The first-order chi connectivity index (χ1) is 9.56. The normalized spacial score (nSPS) is 13.4. The SMILES string of the molecule is CCC(C)(C#N)NC(=O)Cc1csc(-c2ccoc2)n1. The van der Waals surface area contributed by atoms with Crippen molar-refractivity contribution in [2.45, 2.75) is 32.2 Å². The molecule has 20 heavy (non-hydrogen) atoms. The molecule has 0 spiro atoms. The summed E-state index contributed by atoms with van der Waals surface area (Å²) in [6, 6.07) is 3.94. The molecule has 1 N–H and O–H groups in total. The van der Waals surface area contributed by atoms with Gasteiger partial charge in [0.2, 0.25) is 5.91 Å². The van der Waals surface area contributed by atoms with E-state index in [-0.39, 0.29) is 12.3 Å². The lowest BCUT2D eigenvalue weighted by Gasteiger charge is -2.20. The molecule has 0 saturated carbocycles. The maximum Gasteiger partial charge on any atom is 0.227 e. The third-order valence-electron chi connectivity index (χ3n) is 3.03. The molecule has 0 saturated heterocycles. The largest absolute Gasteiger partial charge is 0.472 e. The highest BCUT2D eigenvalue weighted by Crippen LogP contribution is 2.24. The molecular weight excluding hydrogens is 274 g/mol. The van der Waals surface area contributed by atoms with Crippen LogP contribution in [0.4, 0.5) is 0 Å². The monoisotopic (exact) mass is 289 g/mol. The van der Waals surface area contributed by atoms with Crippen molar-refractivity contribution in [3.05, 3.63) is 29.7 Å². The summed E-state index contributed by atoms with van der Waals surface area (Å²) in [7, 11) is 0. The highest BCUT2D eigenvalue weighted by Gasteiger charge is 2.23. The first-order valence-electron chi connectivity index (χ1n) is 6.25. The van der Waals surface area contributed by atoms with Crippen molar-refractivity contribution in [2.75, 3.05) is 0 Å². The predicted molar refractivity (Wildman–Crippen MR) is 76.0 cm³/mol. The number of hydrogen-bond acceptors (Lipinski definition) is 5. The van der Waals surface area contributed by atoms with Crippen LogP contribution >= 0.6 is 11.3 Å². The molecule has 2 aromatic rings. The summed E-state index contributed by atoms with van der Waals surface area (Å²) in [6.45, 7) is 3.58. The summed E-state index contributed by atoms with van der Waals surface area (Å²) in [6.07, 6.45) is 3.94. The number of hydrogen-bond donors (Lipinski definition) is 1.